The number of aliphatic hydroxyl groups is 1. The van der Waals surface area contributed by atoms with Crippen LogP contribution in [-0.2, 0) is 6.54 Å². The van der Waals surface area contributed by atoms with Crippen LogP contribution >= 0.6 is 35.3 Å². The Bertz CT molecular complexity index is 944. The first-order chi connectivity index (χ1) is 14.5. The summed E-state index contributed by atoms with van der Waals surface area (Å²) in [5, 5.41) is 18.2. The molecule has 0 spiro atoms. The number of rotatable bonds is 9. The van der Waals surface area contributed by atoms with Crippen LogP contribution in [0.4, 0.5) is 0 Å². The van der Waals surface area contributed by atoms with Crippen molar-refractivity contribution in [2.24, 2.45) is 4.99 Å². The molecule has 0 aliphatic rings. The van der Waals surface area contributed by atoms with Crippen LogP contribution in [0.3, 0.4) is 0 Å². The van der Waals surface area contributed by atoms with E-state index < -0.39 is 6.10 Å². The molecule has 0 bridgehead atoms. The van der Waals surface area contributed by atoms with Gasteiger partial charge in [0.2, 0.25) is 0 Å². The van der Waals surface area contributed by atoms with Crippen LogP contribution in [0.25, 0.3) is 10.1 Å². The molecule has 3 N–H and O–H groups in total. The van der Waals surface area contributed by atoms with E-state index in [1.807, 2.05) is 56.6 Å². The van der Waals surface area contributed by atoms with Gasteiger partial charge in [-0.2, -0.15) is 0 Å². The molecule has 3 aromatic rings. The van der Waals surface area contributed by atoms with Crippen molar-refractivity contribution in [2.75, 3.05) is 40.8 Å². The fourth-order valence-corrected chi connectivity index (χ4v) is 4.01. The van der Waals surface area contributed by atoms with Gasteiger partial charge in [0.05, 0.1) is 0 Å². The van der Waals surface area contributed by atoms with Crippen LogP contribution in [0.1, 0.15) is 16.5 Å². The molecular formula is C23H31IN4O2S. The lowest BCUT2D eigenvalue weighted by Gasteiger charge is -2.15. The zero-order valence-electron chi connectivity index (χ0n) is 18.2. The number of likely N-dealkylation sites (N-methyl/N-ethyl adjacent to an activating group) is 1. The maximum atomic E-state index is 10.6. The van der Waals surface area contributed by atoms with Gasteiger partial charge in [-0.25, -0.2) is 0 Å². The van der Waals surface area contributed by atoms with Crippen molar-refractivity contribution >= 4 is 51.4 Å². The Balaban J connectivity index is 0.00000341. The number of thiophene rings is 1. The number of benzene rings is 2. The van der Waals surface area contributed by atoms with Gasteiger partial charge in [-0.1, -0.05) is 30.3 Å². The van der Waals surface area contributed by atoms with Crippen LogP contribution in [0.2, 0.25) is 0 Å². The molecule has 0 aliphatic heterocycles. The summed E-state index contributed by atoms with van der Waals surface area (Å²) < 4.78 is 6.98. The number of guanidine groups is 1. The molecule has 6 nitrogen and oxygen atoms in total. The predicted molar refractivity (Wildman–Crippen MR) is 141 cm³/mol. The third-order valence-corrected chi connectivity index (χ3v) is 5.84. The molecule has 2 aromatic carbocycles. The fraction of sp³-hybridized carbons (Fsp3) is 0.348. The van der Waals surface area contributed by atoms with Crippen LogP contribution in [-0.4, -0.2) is 56.8 Å². The maximum Gasteiger partial charge on any atom is 0.191 e. The van der Waals surface area contributed by atoms with Gasteiger partial charge in [-0.05, 0) is 49.3 Å². The van der Waals surface area contributed by atoms with E-state index in [0.29, 0.717) is 25.7 Å². The number of halogens is 1. The minimum atomic E-state index is -0.589. The predicted octanol–water partition coefficient (Wildman–Crippen LogP) is 3.86. The lowest BCUT2D eigenvalue weighted by Crippen LogP contribution is -2.38. The molecule has 0 radical (unpaired) electrons. The van der Waals surface area contributed by atoms with Crippen molar-refractivity contribution in [1.82, 2.24) is 15.5 Å². The van der Waals surface area contributed by atoms with E-state index in [4.69, 9.17) is 4.74 Å². The highest BCUT2D eigenvalue weighted by atomic mass is 127. The zero-order chi connectivity index (χ0) is 21.3. The molecule has 8 heteroatoms. The molecule has 31 heavy (non-hydrogen) atoms. The molecule has 168 valence electrons. The molecule has 0 fully saturated rings. The average molecular weight is 554 g/mol. The molecule has 1 aromatic heterocycles. The lowest BCUT2D eigenvalue weighted by atomic mass is 10.2. The first kappa shape index (κ1) is 25.4. The molecule has 3 rings (SSSR count). The Morgan fingerprint density at radius 3 is 2.68 bits per heavy atom. The van der Waals surface area contributed by atoms with Crippen LogP contribution in [0.5, 0.6) is 5.75 Å². The first-order valence-corrected chi connectivity index (χ1v) is 10.8. The van der Waals surface area contributed by atoms with Gasteiger partial charge in [-0.3, -0.25) is 4.99 Å². The Kier molecular flexibility index (Phi) is 10.5. The largest absolute Gasteiger partial charge is 0.492 e. The standard InChI is InChI=1S/C23H30N4O2S.HI/c1-24-23(25-15-17-7-6-9-19(13-17)29-12-11-27(2)3)26-16-20(28)22-14-18-8-4-5-10-21(18)30-22;/h4-10,13-14,20,28H,11-12,15-16H2,1-3H3,(H2,24,25,26);1H. The SMILES string of the molecule is CN=C(NCc1cccc(OCCN(C)C)c1)NCC(O)c1cc2ccccc2s1.I. The van der Waals surface area contributed by atoms with Gasteiger partial charge in [0.15, 0.2) is 5.96 Å². The van der Waals surface area contributed by atoms with Crippen LogP contribution in [0.15, 0.2) is 59.6 Å². The van der Waals surface area contributed by atoms with E-state index in [1.54, 1.807) is 18.4 Å². The van der Waals surface area contributed by atoms with E-state index in [9.17, 15) is 5.11 Å². The number of nitrogens with one attached hydrogen (secondary N) is 2. The van der Waals surface area contributed by atoms with Gasteiger partial charge in [0, 0.05) is 36.3 Å². The maximum absolute atomic E-state index is 10.6. The van der Waals surface area contributed by atoms with Gasteiger partial charge < -0.3 is 25.4 Å². The summed E-state index contributed by atoms with van der Waals surface area (Å²) in [5.74, 6) is 1.51. The Morgan fingerprint density at radius 1 is 1.13 bits per heavy atom. The molecular weight excluding hydrogens is 523 g/mol. The summed E-state index contributed by atoms with van der Waals surface area (Å²) in [4.78, 5) is 7.29. The summed E-state index contributed by atoms with van der Waals surface area (Å²) in [5.41, 5.74) is 1.10. The molecule has 1 atom stereocenters. The van der Waals surface area contributed by atoms with Crippen LogP contribution in [0, 0.1) is 0 Å². The number of hydrogen-bond acceptors (Lipinski definition) is 5. The third-order valence-electron chi connectivity index (χ3n) is 4.63. The number of nitrogens with zero attached hydrogens (tertiary/aromatic N) is 2. The van der Waals surface area contributed by atoms with Crippen LogP contribution < -0.4 is 15.4 Å². The summed E-state index contributed by atoms with van der Waals surface area (Å²) >= 11 is 1.62. The minimum Gasteiger partial charge on any atom is -0.492 e. The van der Waals surface area contributed by atoms with E-state index in [0.717, 1.165) is 28.1 Å². The van der Waals surface area contributed by atoms with E-state index in [2.05, 4.69) is 32.7 Å². The second kappa shape index (κ2) is 12.8. The number of aliphatic imine (C=N–C) groups is 1. The Labute approximate surface area is 205 Å². The number of ether oxygens (including phenoxy) is 1. The Hall–Kier alpha value is -1.88. The highest BCUT2D eigenvalue weighted by Gasteiger charge is 2.12. The average Bonchev–Trinajstić information content (AvgIpc) is 3.18. The first-order valence-electron chi connectivity index (χ1n) is 10.0. The van der Waals surface area contributed by atoms with Crippen molar-refractivity contribution in [3.8, 4) is 5.75 Å². The topological polar surface area (TPSA) is 69.1 Å². The van der Waals surface area contributed by atoms with Gasteiger partial charge in [0.25, 0.3) is 0 Å². The fourth-order valence-electron chi connectivity index (χ4n) is 2.96. The highest BCUT2D eigenvalue weighted by molar-refractivity contribution is 14.0. The minimum absolute atomic E-state index is 0. The number of fused-ring (bicyclic) bond motifs is 1. The third kappa shape index (κ3) is 7.95. The van der Waals surface area contributed by atoms with Gasteiger partial charge >= 0.3 is 0 Å². The van der Waals surface area contributed by atoms with Gasteiger partial charge in [-0.15, -0.1) is 35.3 Å². The number of aliphatic hydroxyl groups excluding tert-OH is 1. The summed E-state index contributed by atoms with van der Waals surface area (Å²) in [7, 11) is 5.78. The zero-order valence-corrected chi connectivity index (χ0v) is 21.3. The normalized spacial score (nSPS) is 12.5. The second-order valence-corrected chi connectivity index (χ2v) is 8.42. The van der Waals surface area contributed by atoms with Crippen molar-refractivity contribution < 1.29 is 9.84 Å². The van der Waals surface area contributed by atoms with Crippen molar-refractivity contribution in [2.45, 2.75) is 12.6 Å². The molecule has 1 unspecified atom stereocenters. The molecule has 0 amide bonds. The summed E-state index contributed by atoms with van der Waals surface area (Å²) in [6.45, 7) is 2.54. The lowest BCUT2D eigenvalue weighted by molar-refractivity contribution is 0.184. The van der Waals surface area contributed by atoms with Gasteiger partial charge in [0.1, 0.15) is 18.5 Å². The quantitative estimate of drug-likeness (QED) is 0.213. The number of hydrogen-bond donors (Lipinski definition) is 3. The molecule has 0 saturated carbocycles. The van der Waals surface area contributed by atoms with E-state index in [1.165, 1.54) is 4.70 Å². The monoisotopic (exact) mass is 554 g/mol. The second-order valence-electron chi connectivity index (χ2n) is 7.31. The van der Waals surface area contributed by atoms with Crippen molar-refractivity contribution in [3.05, 3.63) is 65.0 Å². The van der Waals surface area contributed by atoms with E-state index in [-0.39, 0.29) is 24.0 Å². The Morgan fingerprint density at radius 2 is 1.94 bits per heavy atom. The van der Waals surface area contributed by atoms with Crippen molar-refractivity contribution in [1.29, 1.82) is 0 Å². The van der Waals surface area contributed by atoms with E-state index >= 15 is 0 Å². The summed E-state index contributed by atoms with van der Waals surface area (Å²) in [6, 6.07) is 18.2. The molecule has 0 saturated heterocycles. The molecule has 1 heterocycles. The molecule has 0 aliphatic carbocycles. The highest BCUT2D eigenvalue weighted by Crippen LogP contribution is 2.29. The van der Waals surface area contributed by atoms with Crippen molar-refractivity contribution in [3.63, 3.8) is 0 Å². The summed E-state index contributed by atoms with van der Waals surface area (Å²) in [6.07, 6.45) is -0.589. The smallest absolute Gasteiger partial charge is 0.191 e.